The number of nitrogens with one attached hydrogen (secondary N) is 1. The molecule has 0 spiro atoms. The number of Topliss-reactive ketones (excluding diaryl/α,β-unsaturated/α-hetero) is 1. The smallest absolute Gasteiger partial charge is 0.336 e. The van der Waals surface area contributed by atoms with Crippen LogP contribution >= 0.6 is 0 Å². The maximum Gasteiger partial charge on any atom is 0.336 e. The molecule has 0 saturated carbocycles. The van der Waals surface area contributed by atoms with Gasteiger partial charge in [-0.3, -0.25) is 9.59 Å². The van der Waals surface area contributed by atoms with E-state index in [9.17, 15) is 14.4 Å². The Bertz CT molecular complexity index is 684. The summed E-state index contributed by atoms with van der Waals surface area (Å²) in [6, 6.07) is 5.55. The molecular weight excluding hydrogens is 222 g/mol. The quantitative estimate of drug-likeness (QED) is 0.765. The predicted octanol–water partition coefficient (Wildman–Crippen LogP) is 1.43. The number of aromatic carboxylic acids is 1. The summed E-state index contributed by atoms with van der Waals surface area (Å²) in [6.07, 6.45) is 0. The van der Waals surface area contributed by atoms with E-state index in [1.807, 2.05) is 0 Å². The summed E-state index contributed by atoms with van der Waals surface area (Å²) in [5.74, 6) is -1.35. The first-order valence-electron chi connectivity index (χ1n) is 4.90. The maximum absolute atomic E-state index is 11.2. The third-order valence-electron chi connectivity index (χ3n) is 2.48. The molecular formula is C12H9NO4. The highest BCUT2D eigenvalue weighted by Crippen LogP contribution is 2.17. The molecule has 2 rings (SSSR count). The zero-order valence-electron chi connectivity index (χ0n) is 8.98. The molecule has 0 atom stereocenters. The summed E-state index contributed by atoms with van der Waals surface area (Å²) in [4.78, 5) is 36.0. The van der Waals surface area contributed by atoms with Crippen molar-refractivity contribution in [3.63, 3.8) is 0 Å². The van der Waals surface area contributed by atoms with Gasteiger partial charge < -0.3 is 10.1 Å². The van der Waals surface area contributed by atoms with E-state index in [1.165, 1.54) is 19.1 Å². The van der Waals surface area contributed by atoms with Gasteiger partial charge in [0.1, 0.15) is 0 Å². The van der Waals surface area contributed by atoms with Crippen LogP contribution in [0.4, 0.5) is 0 Å². The number of carboxylic acids is 1. The topological polar surface area (TPSA) is 87.2 Å². The van der Waals surface area contributed by atoms with Crippen molar-refractivity contribution in [2.75, 3.05) is 0 Å². The Kier molecular flexibility index (Phi) is 2.51. The van der Waals surface area contributed by atoms with E-state index in [0.717, 1.165) is 6.07 Å². The van der Waals surface area contributed by atoms with Crippen molar-refractivity contribution in [1.29, 1.82) is 0 Å². The van der Waals surface area contributed by atoms with E-state index in [-0.39, 0.29) is 11.3 Å². The first-order chi connectivity index (χ1) is 7.99. The Morgan fingerprint density at radius 3 is 2.53 bits per heavy atom. The van der Waals surface area contributed by atoms with Gasteiger partial charge in [-0.1, -0.05) is 0 Å². The average Bonchev–Trinajstić information content (AvgIpc) is 2.26. The van der Waals surface area contributed by atoms with Crippen molar-refractivity contribution < 1.29 is 14.7 Å². The lowest BCUT2D eigenvalue weighted by Crippen LogP contribution is -2.10. The molecule has 0 aliphatic heterocycles. The minimum atomic E-state index is -1.19. The first kappa shape index (κ1) is 11.1. The molecule has 0 bridgehead atoms. The largest absolute Gasteiger partial charge is 0.478 e. The summed E-state index contributed by atoms with van der Waals surface area (Å²) in [7, 11) is 0. The Labute approximate surface area is 95.7 Å². The van der Waals surface area contributed by atoms with Crippen LogP contribution in [0, 0.1) is 0 Å². The predicted molar refractivity (Wildman–Crippen MR) is 61.5 cm³/mol. The molecule has 1 aromatic heterocycles. The molecule has 86 valence electrons. The second-order valence-electron chi connectivity index (χ2n) is 3.67. The van der Waals surface area contributed by atoms with Gasteiger partial charge in [0.15, 0.2) is 5.78 Å². The summed E-state index contributed by atoms with van der Waals surface area (Å²) < 4.78 is 0. The number of carbonyl (C=O) groups is 2. The molecule has 0 aliphatic rings. The fraction of sp³-hybridized carbons (Fsp3) is 0.0833. The fourth-order valence-electron chi connectivity index (χ4n) is 1.65. The average molecular weight is 231 g/mol. The van der Waals surface area contributed by atoms with Crippen LogP contribution in [-0.2, 0) is 0 Å². The van der Waals surface area contributed by atoms with Crippen molar-refractivity contribution in [1.82, 2.24) is 4.98 Å². The highest BCUT2D eigenvalue weighted by atomic mass is 16.4. The number of carboxylic acid groups (broad SMARTS) is 1. The number of fused-ring (bicyclic) bond motifs is 1. The zero-order valence-corrected chi connectivity index (χ0v) is 8.98. The normalized spacial score (nSPS) is 10.4. The van der Waals surface area contributed by atoms with E-state index >= 15 is 0 Å². The Balaban J connectivity index is 2.87. The molecule has 1 heterocycles. The van der Waals surface area contributed by atoms with Gasteiger partial charge in [-0.2, -0.15) is 0 Å². The van der Waals surface area contributed by atoms with Crippen molar-refractivity contribution in [3.05, 3.63) is 45.7 Å². The molecule has 17 heavy (non-hydrogen) atoms. The summed E-state index contributed by atoms with van der Waals surface area (Å²) >= 11 is 0. The van der Waals surface area contributed by atoms with Gasteiger partial charge in [0, 0.05) is 22.5 Å². The molecule has 5 heteroatoms. The van der Waals surface area contributed by atoms with Gasteiger partial charge in [0.25, 0.3) is 0 Å². The number of hydrogen-bond donors (Lipinski definition) is 2. The van der Waals surface area contributed by atoms with Gasteiger partial charge in [-0.25, -0.2) is 4.79 Å². The summed E-state index contributed by atoms with van der Waals surface area (Å²) in [5, 5.41) is 9.35. The number of H-pyrrole nitrogens is 1. The second kappa shape index (κ2) is 3.86. The van der Waals surface area contributed by atoms with Crippen LogP contribution in [0.15, 0.2) is 29.1 Å². The van der Waals surface area contributed by atoms with Crippen molar-refractivity contribution in [2.45, 2.75) is 6.92 Å². The van der Waals surface area contributed by atoms with Crippen molar-refractivity contribution in [3.8, 4) is 0 Å². The van der Waals surface area contributed by atoms with Crippen molar-refractivity contribution >= 4 is 22.7 Å². The molecule has 2 N–H and O–H groups in total. The number of rotatable bonds is 2. The number of benzene rings is 1. The first-order valence-corrected chi connectivity index (χ1v) is 4.90. The minimum Gasteiger partial charge on any atom is -0.478 e. The van der Waals surface area contributed by atoms with Gasteiger partial charge in [-0.05, 0) is 25.1 Å². The number of pyridine rings is 1. The van der Waals surface area contributed by atoms with Crippen LogP contribution in [0.2, 0.25) is 0 Å². The highest BCUT2D eigenvalue weighted by Gasteiger charge is 2.11. The number of aromatic nitrogens is 1. The van der Waals surface area contributed by atoms with E-state index in [2.05, 4.69) is 4.98 Å². The minimum absolute atomic E-state index is 0.105. The van der Waals surface area contributed by atoms with Gasteiger partial charge >= 0.3 is 5.97 Å². The molecule has 0 fully saturated rings. The van der Waals surface area contributed by atoms with Crippen LogP contribution in [-0.4, -0.2) is 21.8 Å². The molecule has 0 aliphatic carbocycles. The lowest BCUT2D eigenvalue weighted by molar-refractivity contribution is 0.0698. The number of hydrogen-bond acceptors (Lipinski definition) is 3. The molecule has 0 unspecified atom stereocenters. The third-order valence-corrected chi connectivity index (χ3v) is 2.48. The Hall–Kier alpha value is -2.43. The molecule has 0 radical (unpaired) electrons. The Morgan fingerprint density at radius 2 is 1.94 bits per heavy atom. The van der Waals surface area contributed by atoms with Gasteiger partial charge in [0.05, 0.1) is 5.56 Å². The molecule has 1 aromatic carbocycles. The Morgan fingerprint density at radius 1 is 1.24 bits per heavy atom. The maximum atomic E-state index is 11.2. The summed E-state index contributed by atoms with van der Waals surface area (Å²) in [6.45, 7) is 1.40. The van der Waals surface area contributed by atoms with E-state index in [1.54, 1.807) is 6.07 Å². The molecule has 0 saturated heterocycles. The zero-order chi connectivity index (χ0) is 12.6. The number of ketones is 1. The number of carbonyl (C=O) groups excluding carboxylic acids is 1. The van der Waals surface area contributed by atoms with E-state index in [0.29, 0.717) is 16.5 Å². The second-order valence-corrected chi connectivity index (χ2v) is 3.67. The third kappa shape index (κ3) is 1.94. The lowest BCUT2D eigenvalue weighted by atomic mass is 10.0. The highest BCUT2D eigenvalue weighted by molar-refractivity contribution is 6.05. The number of aromatic amines is 1. The van der Waals surface area contributed by atoms with Gasteiger partial charge in [0.2, 0.25) is 5.56 Å². The van der Waals surface area contributed by atoms with E-state index in [4.69, 9.17) is 5.11 Å². The van der Waals surface area contributed by atoms with Crippen LogP contribution in [0.25, 0.3) is 10.9 Å². The molecule has 5 nitrogen and oxygen atoms in total. The molecule has 0 amide bonds. The van der Waals surface area contributed by atoms with E-state index < -0.39 is 11.5 Å². The van der Waals surface area contributed by atoms with Crippen molar-refractivity contribution in [2.24, 2.45) is 0 Å². The standard InChI is InChI=1S/C12H9NO4/c1-6(14)7-2-3-10-8(4-7)9(12(16)17)5-11(15)13-10/h2-5H,1H3,(H,13,15)(H,16,17). The lowest BCUT2D eigenvalue weighted by Gasteiger charge is -2.03. The monoisotopic (exact) mass is 231 g/mol. The van der Waals surface area contributed by atoms with Crippen LogP contribution in [0.5, 0.6) is 0 Å². The fourth-order valence-corrected chi connectivity index (χ4v) is 1.65. The van der Waals surface area contributed by atoms with Crippen LogP contribution in [0.3, 0.4) is 0 Å². The van der Waals surface area contributed by atoms with Crippen LogP contribution < -0.4 is 5.56 Å². The summed E-state index contributed by atoms with van der Waals surface area (Å²) in [5.41, 5.74) is 0.226. The van der Waals surface area contributed by atoms with Gasteiger partial charge in [-0.15, -0.1) is 0 Å². The van der Waals surface area contributed by atoms with Crippen LogP contribution in [0.1, 0.15) is 27.6 Å². The SMILES string of the molecule is CC(=O)c1ccc2[nH]c(=O)cc(C(=O)O)c2c1. The molecule has 2 aromatic rings.